The molecule has 0 unspecified atom stereocenters. The van der Waals surface area contributed by atoms with Crippen molar-refractivity contribution >= 4 is 11.8 Å². The number of aryl methyl sites for hydroxylation is 2. The summed E-state index contributed by atoms with van der Waals surface area (Å²) in [4.78, 5) is 52.2. The second kappa shape index (κ2) is 9.32. The summed E-state index contributed by atoms with van der Waals surface area (Å²) in [5.41, 5.74) is 1.19. The molecule has 0 aliphatic carbocycles. The number of hydrogen-bond acceptors (Lipinski definition) is 5. The van der Waals surface area contributed by atoms with Crippen molar-refractivity contribution in [2.24, 2.45) is 0 Å². The Kier molecular flexibility index (Phi) is 7.09. The minimum atomic E-state index is -0.708. The molecule has 0 radical (unpaired) electrons. The highest BCUT2D eigenvalue weighted by molar-refractivity contribution is 6.09. The van der Waals surface area contributed by atoms with Crippen molar-refractivity contribution in [1.82, 2.24) is 9.55 Å². The van der Waals surface area contributed by atoms with Crippen LogP contribution in [0.5, 0.6) is 0 Å². The number of allylic oxidation sites excluding steroid dienone is 1. The van der Waals surface area contributed by atoms with Gasteiger partial charge in [0.2, 0.25) is 5.78 Å². The fourth-order valence-corrected chi connectivity index (χ4v) is 3.23. The molecule has 0 spiro atoms. The van der Waals surface area contributed by atoms with Gasteiger partial charge in [0.1, 0.15) is 5.69 Å². The maximum atomic E-state index is 13.4. The van der Waals surface area contributed by atoms with Gasteiger partial charge in [-0.3, -0.25) is 19.1 Å². The zero-order valence-corrected chi connectivity index (χ0v) is 17.4. The highest BCUT2D eigenvalue weighted by atomic mass is 16.5. The Balaban J connectivity index is 2.66. The number of aromatic nitrogens is 2. The zero-order valence-electron chi connectivity index (χ0n) is 17.4. The van der Waals surface area contributed by atoms with Gasteiger partial charge in [0.25, 0.3) is 5.56 Å². The number of ether oxygens (including phenoxy) is 1. The minimum Gasteiger partial charge on any atom is -0.463 e. The van der Waals surface area contributed by atoms with Crippen LogP contribution in [0, 0.1) is 13.8 Å². The number of carbonyl (C=O) groups excluding carboxylic acids is 2. The lowest BCUT2D eigenvalue weighted by Gasteiger charge is -2.16. The molecule has 1 heterocycles. The number of ketones is 1. The molecular formula is C22H26N2O5. The number of nitrogens with one attached hydrogen (secondary N) is 1. The average Bonchev–Trinajstić information content (AvgIpc) is 2.61. The standard InChI is InChI=1S/C22H26N2O5/c1-6-29-17(25)8-7-9-24-19(18(13(2)3)21(27)23-22(24)28)20(26)16-11-14(4)10-15(5)12-16/h7-8,10-13H,6,9H2,1-5H3,(H,23,27,28)/b8-7+. The molecule has 0 amide bonds. The van der Waals surface area contributed by atoms with Crippen LogP contribution in [0.2, 0.25) is 0 Å². The molecule has 1 N–H and O–H groups in total. The average molecular weight is 398 g/mol. The molecule has 7 nitrogen and oxygen atoms in total. The number of esters is 1. The van der Waals surface area contributed by atoms with Crippen molar-refractivity contribution in [3.05, 3.63) is 79.1 Å². The van der Waals surface area contributed by atoms with Gasteiger partial charge in [0.15, 0.2) is 0 Å². The monoisotopic (exact) mass is 398 g/mol. The highest BCUT2D eigenvalue weighted by Gasteiger charge is 2.24. The fourth-order valence-electron chi connectivity index (χ4n) is 3.23. The minimum absolute atomic E-state index is 0.0345. The lowest BCUT2D eigenvalue weighted by atomic mass is 9.95. The third-order valence-electron chi connectivity index (χ3n) is 4.34. The van der Waals surface area contributed by atoms with Gasteiger partial charge in [0.05, 0.1) is 6.61 Å². The topological polar surface area (TPSA) is 98.2 Å². The van der Waals surface area contributed by atoms with Gasteiger partial charge in [-0.15, -0.1) is 0 Å². The van der Waals surface area contributed by atoms with Crippen LogP contribution in [-0.4, -0.2) is 27.9 Å². The predicted octanol–water partition coefficient (Wildman–Crippen LogP) is 2.63. The molecule has 1 aromatic heterocycles. The molecule has 0 fully saturated rings. The van der Waals surface area contributed by atoms with Crippen LogP contribution in [0.4, 0.5) is 0 Å². The summed E-state index contributed by atoms with van der Waals surface area (Å²) in [6.45, 7) is 9.18. The number of aromatic amines is 1. The molecule has 2 aromatic rings. The summed E-state index contributed by atoms with van der Waals surface area (Å²) < 4.78 is 6.01. The SMILES string of the molecule is CCOC(=O)/C=C/Cn1c(C(=O)c2cc(C)cc(C)c2)c(C(C)C)c(=O)[nH]c1=O. The number of carbonyl (C=O) groups is 2. The molecule has 154 valence electrons. The molecule has 0 saturated carbocycles. The van der Waals surface area contributed by atoms with Crippen LogP contribution in [-0.2, 0) is 16.1 Å². The van der Waals surface area contributed by atoms with Gasteiger partial charge in [-0.2, -0.15) is 0 Å². The van der Waals surface area contributed by atoms with Crippen molar-refractivity contribution in [3.8, 4) is 0 Å². The zero-order chi connectivity index (χ0) is 21.7. The van der Waals surface area contributed by atoms with Crippen LogP contribution in [0.15, 0.2) is 39.9 Å². The van der Waals surface area contributed by atoms with E-state index in [-0.39, 0.29) is 30.3 Å². The van der Waals surface area contributed by atoms with E-state index in [1.807, 2.05) is 19.9 Å². The Morgan fingerprint density at radius 3 is 2.31 bits per heavy atom. The molecule has 0 aliphatic rings. The Morgan fingerprint density at radius 2 is 1.76 bits per heavy atom. The molecule has 0 bridgehead atoms. The second-order valence-electron chi connectivity index (χ2n) is 7.15. The first kappa shape index (κ1) is 22.1. The van der Waals surface area contributed by atoms with Gasteiger partial charge in [-0.1, -0.05) is 37.1 Å². The summed E-state index contributed by atoms with van der Waals surface area (Å²) in [5, 5.41) is 0. The highest BCUT2D eigenvalue weighted by Crippen LogP contribution is 2.19. The van der Waals surface area contributed by atoms with Gasteiger partial charge >= 0.3 is 11.7 Å². The molecule has 0 atom stereocenters. The van der Waals surface area contributed by atoms with Gasteiger partial charge < -0.3 is 4.74 Å². The van der Waals surface area contributed by atoms with Gasteiger partial charge in [-0.05, 0) is 38.8 Å². The van der Waals surface area contributed by atoms with Crippen LogP contribution < -0.4 is 11.2 Å². The Morgan fingerprint density at radius 1 is 1.14 bits per heavy atom. The summed E-state index contributed by atoms with van der Waals surface area (Å²) in [6.07, 6.45) is 2.63. The number of rotatable bonds is 7. The molecule has 7 heteroatoms. The molecular weight excluding hydrogens is 372 g/mol. The lowest BCUT2D eigenvalue weighted by Crippen LogP contribution is -2.37. The summed E-state index contributed by atoms with van der Waals surface area (Å²) >= 11 is 0. The van der Waals surface area contributed by atoms with Crippen LogP contribution >= 0.6 is 0 Å². The number of hydrogen-bond donors (Lipinski definition) is 1. The third kappa shape index (κ3) is 5.19. The van der Waals surface area contributed by atoms with Crippen LogP contribution in [0.1, 0.15) is 59.4 Å². The van der Waals surface area contributed by atoms with Crippen molar-refractivity contribution < 1.29 is 14.3 Å². The van der Waals surface area contributed by atoms with Crippen LogP contribution in [0.25, 0.3) is 0 Å². The Labute approximate surface area is 169 Å². The van der Waals surface area contributed by atoms with E-state index >= 15 is 0 Å². The van der Waals surface area contributed by atoms with Crippen LogP contribution in [0.3, 0.4) is 0 Å². The quantitative estimate of drug-likeness (QED) is 0.439. The van der Waals surface area contributed by atoms with Crippen molar-refractivity contribution in [2.45, 2.75) is 47.1 Å². The summed E-state index contributed by atoms with van der Waals surface area (Å²) in [6, 6.07) is 5.39. The lowest BCUT2D eigenvalue weighted by molar-refractivity contribution is -0.137. The van der Waals surface area contributed by atoms with E-state index in [0.29, 0.717) is 5.56 Å². The van der Waals surface area contributed by atoms with E-state index in [0.717, 1.165) is 11.1 Å². The smallest absolute Gasteiger partial charge is 0.330 e. The molecule has 29 heavy (non-hydrogen) atoms. The first-order chi connectivity index (χ1) is 13.6. The maximum absolute atomic E-state index is 13.4. The number of nitrogens with zero attached hydrogens (tertiary/aromatic N) is 1. The number of H-pyrrole nitrogens is 1. The van der Waals surface area contributed by atoms with E-state index < -0.39 is 23.0 Å². The van der Waals surface area contributed by atoms with Crippen molar-refractivity contribution in [2.75, 3.05) is 6.61 Å². The predicted molar refractivity (Wildman–Crippen MR) is 111 cm³/mol. The van der Waals surface area contributed by atoms with E-state index in [1.165, 1.54) is 16.7 Å². The third-order valence-corrected chi connectivity index (χ3v) is 4.34. The van der Waals surface area contributed by atoms with E-state index in [9.17, 15) is 19.2 Å². The second-order valence-corrected chi connectivity index (χ2v) is 7.15. The molecule has 1 aromatic carbocycles. The van der Waals surface area contributed by atoms with E-state index in [2.05, 4.69) is 4.98 Å². The molecule has 2 rings (SSSR count). The van der Waals surface area contributed by atoms with E-state index in [1.54, 1.807) is 32.9 Å². The Hall–Kier alpha value is -3.22. The van der Waals surface area contributed by atoms with Crippen molar-refractivity contribution in [1.29, 1.82) is 0 Å². The number of benzene rings is 1. The van der Waals surface area contributed by atoms with E-state index in [4.69, 9.17) is 4.74 Å². The first-order valence-corrected chi connectivity index (χ1v) is 9.49. The fraction of sp³-hybridized carbons (Fsp3) is 0.364. The normalized spacial score (nSPS) is 11.2. The van der Waals surface area contributed by atoms with Crippen molar-refractivity contribution in [3.63, 3.8) is 0 Å². The summed E-state index contributed by atoms with van der Waals surface area (Å²) in [7, 11) is 0. The summed E-state index contributed by atoms with van der Waals surface area (Å²) in [5.74, 6) is -1.24. The molecule has 0 aliphatic heterocycles. The first-order valence-electron chi connectivity index (χ1n) is 9.49. The maximum Gasteiger partial charge on any atom is 0.330 e. The largest absolute Gasteiger partial charge is 0.463 e. The van der Waals surface area contributed by atoms with Gasteiger partial charge in [0, 0.05) is 23.7 Å². The van der Waals surface area contributed by atoms with Gasteiger partial charge in [-0.25, -0.2) is 9.59 Å². The molecule has 0 saturated heterocycles. The Bertz CT molecular complexity index is 1050.